The lowest BCUT2D eigenvalue weighted by molar-refractivity contribution is -0.115. The van der Waals surface area contributed by atoms with Crippen molar-refractivity contribution in [3.8, 4) is 0 Å². The zero-order chi connectivity index (χ0) is 25.0. The van der Waals surface area contributed by atoms with Gasteiger partial charge in [0.1, 0.15) is 0 Å². The van der Waals surface area contributed by atoms with Crippen molar-refractivity contribution in [2.45, 2.75) is 24.2 Å². The number of rotatable bonds is 9. The molecule has 3 aromatic rings. The van der Waals surface area contributed by atoms with Crippen LogP contribution in [0.25, 0.3) is 0 Å². The first-order chi connectivity index (χ1) is 16.8. The number of halogens is 1. The number of ketones is 2. The molecule has 7 heteroatoms. The van der Waals surface area contributed by atoms with Gasteiger partial charge in [0, 0.05) is 17.0 Å². The van der Waals surface area contributed by atoms with Crippen LogP contribution in [0.3, 0.4) is 0 Å². The van der Waals surface area contributed by atoms with Gasteiger partial charge >= 0.3 is 0 Å². The fourth-order valence-electron chi connectivity index (χ4n) is 4.06. The van der Waals surface area contributed by atoms with E-state index in [1.54, 1.807) is 48.5 Å². The van der Waals surface area contributed by atoms with Crippen molar-refractivity contribution in [1.82, 2.24) is 0 Å². The fraction of sp³-hybridized carbons (Fsp3) is 0.143. The Morgan fingerprint density at radius 1 is 1.03 bits per heavy atom. The zero-order valence-electron chi connectivity index (χ0n) is 19.0. The number of aryl methyl sites for hydroxylation is 1. The molecule has 0 saturated heterocycles. The summed E-state index contributed by atoms with van der Waals surface area (Å²) in [5.41, 5.74) is 2.34. The van der Waals surface area contributed by atoms with Crippen LogP contribution in [0.2, 0.25) is 5.02 Å². The summed E-state index contributed by atoms with van der Waals surface area (Å²) >= 11 is 6.18. The van der Waals surface area contributed by atoms with Crippen LogP contribution in [0.5, 0.6) is 0 Å². The number of allylic oxidation sites excluding steroid dienone is 2. The minimum absolute atomic E-state index is 0.0138. The lowest BCUT2D eigenvalue weighted by atomic mass is 9.87. The number of benzene rings is 3. The van der Waals surface area contributed by atoms with E-state index in [-0.39, 0.29) is 34.8 Å². The van der Waals surface area contributed by atoms with E-state index in [1.165, 1.54) is 22.5 Å². The van der Waals surface area contributed by atoms with Crippen LogP contribution in [0.1, 0.15) is 27.9 Å². The maximum Gasteiger partial charge on any atom is 0.264 e. The molecule has 5 nitrogen and oxygen atoms in total. The van der Waals surface area contributed by atoms with Gasteiger partial charge in [-0.05, 0) is 54.3 Å². The van der Waals surface area contributed by atoms with E-state index in [9.17, 15) is 18.0 Å². The van der Waals surface area contributed by atoms with Crippen LogP contribution in [-0.2, 0) is 27.7 Å². The largest absolute Gasteiger partial charge is 0.294 e. The second-order valence-electron chi connectivity index (χ2n) is 8.14. The number of sulfonamides is 1. The van der Waals surface area contributed by atoms with Crippen LogP contribution in [0, 0.1) is 0 Å². The summed E-state index contributed by atoms with van der Waals surface area (Å²) in [7, 11) is -3.97. The monoisotopic (exact) mass is 505 g/mol. The maximum atomic E-state index is 13.5. The van der Waals surface area contributed by atoms with E-state index >= 15 is 0 Å². The maximum absolute atomic E-state index is 13.5. The Morgan fingerprint density at radius 2 is 1.74 bits per heavy atom. The Balaban J connectivity index is 1.59. The molecule has 0 fully saturated rings. The Labute approximate surface area is 210 Å². The summed E-state index contributed by atoms with van der Waals surface area (Å²) in [6.07, 6.45) is 4.06. The van der Waals surface area contributed by atoms with Gasteiger partial charge in [-0.15, -0.1) is 6.58 Å². The number of hydrogen-bond acceptors (Lipinski definition) is 4. The SMILES string of the molecule is C=CCN(c1ccccc1)S(=O)(=O)c1ccc2c(c1)C(=O)C(C(=O)CCc1ccccc1Cl)=CC2. The number of carbonyl (C=O) groups is 2. The van der Waals surface area contributed by atoms with E-state index < -0.39 is 15.8 Å². The highest BCUT2D eigenvalue weighted by atomic mass is 35.5. The molecule has 0 heterocycles. The normalized spacial score (nSPS) is 13.1. The average Bonchev–Trinajstić information content (AvgIpc) is 2.87. The van der Waals surface area contributed by atoms with Crippen molar-refractivity contribution in [2.75, 3.05) is 10.8 Å². The topological polar surface area (TPSA) is 71.5 Å². The fourth-order valence-corrected chi connectivity index (χ4v) is 5.75. The third-order valence-corrected chi connectivity index (χ3v) is 8.06. The number of hydrogen-bond donors (Lipinski definition) is 0. The molecule has 0 atom stereocenters. The van der Waals surface area contributed by atoms with Crippen molar-refractivity contribution in [2.24, 2.45) is 0 Å². The Hall–Kier alpha value is -3.48. The minimum Gasteiger partial charge on any atom is -0.294 e. The lowest BCUT2D eigenvalue weighted by Gasteiger charge is -2.24. The summed E-state index contributed by atoms with van der Waals surface area (Å²) < 4.78 is 28.2. The van der Waals surface area contributed by atoms with Crippen LogP contribution in [-0.4, -0.2) is 26.5 Å². The van der Waals surface area contributed by atoms with Gasteiger partial charge in [-0.1, -0.05) is 66.2 Å². The Bertz CT molecular complexity index is 1430. The predicted octanol–water partition coefficient (Wildman–Crippen LogP) is 5.59. The van der Waals surface area contributed by atoms with Gasteiger partial charge in [-0.3, -0.25) is 13.9 Å². The smallest absolute Gasteiger partial charge is 0.264 e. The zero-order valence-corrected chi connectivity index (χ0v) is 20.6. The van der Waals surface area contributed by atoms with Crippen molar-refractivity contribution >= 4 is 38.9 Å². The molecule has 0 bridgehead atoms. The van der Waals surface area contributed by atoms with Crippen molar-refractivity contribution in [3.63, 3.8) is 0 Å². The van der Waals surface area contributed by atoms with Crippen molar-refractivity contribution < 1.29 is 18.0 Å². The predicted molar refractivity (Wildman–Crippen MR) is 139 cm³/mol. The van der Waals surface area contributed by atoms with Crippen LogP contribution in [0.4, 0.5) is 5.69 Å². The first kappa shape index (κ1) is 24.6. The molecule has 3 aromatic carbocycles. The van der Waals surface area contributed by atoms with Crippen LogP contribution >= 0.6 is 11.6 Å². The third kappa shape index (κ3) is 5.14. The highest BCUT2D eigenvalue weighted by molar-refractivity contribution is 7.92. The second kappa shape index (κ2) is 10.4. The number of para-hydroxylation sites is 1. The lowest BCUT2D eigenvalue weighted by Crippen LogP contribution is -2.31. The molecule has 0 spiro atoms. The summed E-state index contributed by atoms with van der Waals surface area (Å²) in [6, 6.07) is 20.5. The third-order valence-electron chi connectivity index (χ3n) is 5.90. The van der Waals surface area contributed by atoms with Gasteiger partial charge in [-0.2, -0.15) is 0 Å². The number of fused-ring (bicyclic) bond motifs is 1. The molecule has 0 radical (unpaired) electrons. The molecule has 4 rings (SSSR count). The van der Waals surface area contributed by atoms with E-state index in [0.717, 1.165) is 5.56 Å². The standard InChI is InChI=1S/C28H24ClNO4S/c1-2-18-30(22-9-4-3-5-10-22)35(33,34)23-15-12-20-13-16-24(28(32)25(20)19-23)27(31)17-14-21-8-6-7-11-26(21)29/h2-12,15-16,19H,1,13-14,17-18H2. The Morgan fingerprint density at radius 3 is 2.46 bits per heavy atom. The summed E-state index contributed by atoms with van der Waals surface area (Å²) in [5.74, 6) is -0.742. The molecule has 178 valence electrons. The van der Waals surface area contributed by atoms with E-state index in [2.05, 4.69) is 6.58 Å². The number of Topliss-reactive ketones (excluding diaryl/α,β-unsaturated/α-hetero) is 2. The molecule has 1 aliphatic carbocycles. The van der Waals surface area contributed by atoms with Gasteiger partial charge in [0.05, 0.1) is 22.7 Å². The average molecular weight is 506 g/mol. The highest BCUT2D eigenvalue weighted by Gasteiger charge is 2.29. The summed E-state index contributed by atoms with van der Waals surface area (Å²) in [4.78, 5) is 26.1. The van der Waals surface area contributed by atoms with Gasteiger partial charge < -0.3 is 0 Å². The van der Waals surface area contributed by atoms with Gasteiger partial charge in [-0.25, -0.2) is 8.42 Å². The molecular formula is C28H24ClNO4S. The Kier molecular flexibility index (Phi) is 7.34. The summed E-state index contributed by atoms with van der Waals surface area (Å²) in [6.45, 7) is 3.75. The van der Waals surface area contributed by atoms with Crippen molar-refractivity contribution in [3.05, 3.63) is 119 Å². The van der Waals surface area contributed by atoms with Crippen molar-refractivity contribution in [1.29, 1.82) is 0 Å². The molecule has 35 heavy (non-hydrogen) atoms. The first-order valence-corrected chi connectivity index (χ1v) is 13.0. The van der Waals surface area contributed by atoms with Crippen LogP contribution in [0.15, 0.2) is 102 Å². The van der Waals surface area contributed by atoms with E-state index in [1.807, 2.05) is 18.2 Å². The number of nitrogens with zero attached hydrogens (tertiary/aromatic N) is 1. The minimum atomic E-state index is -3.97. The van der Waals surface area contributed by atoms with Gasteiger partial charge in [0.25, 0.3) is 10.0 Å². The van der Waals surface area contributed by atoms with E-state index in [0.29, 0.717) is 29.1 Å². The first-order valence-electron chi connectivity index (χ1n) is 11.2. The number of anilines is 1. The molecule has 0 N–H and O–H groups in total. The molecular weight excluding hydrogens is 482 g/mol. The molecule has 0 saturated carbocycles. The summed E-state index contributed by atoms with van der Waals surface area (Å²) in [5, 5.41) is 0.576. The molecule has 0 aromatic heterocycles. The highest BCUT2D eigenvalue weighted by Crippen LogP contribution is 2.29. The van der Waals surface area contributed by atoms with Gasteiger partial charge in [0.15, 0.2) is 11.6 Å². The molecule has 0 amide bonds. The van der Waals surface area contributed by atoms with Gasteiger partial charge in [0.2, 0.25) is 0 Å². The molecule has 0 aliphatic heterocycles. The van der Waals surface area contributed by atoms with E-state index in [4.69, 9.17) is 11.6 Å². The number of carbonyl (C=O) groups excluding carboxylic acids is 2. The molecule has 1 aliphatic rings. The van der Waals surface area contributed by atoms with Crippen LogP contribution < -0.4 is 4.31 Å². The molecule has 0 unspecified atom stereocenters. The quantitative estimate of drug-likeness (QED) is 0.281. The second-order valence-corrected chi connectivity index (χ2v) is 10.4.